The Morgan fingerprint density at radius 2 is 2.10 bits per heavy atom. The highest BCUT2D eigenvalue weighted by molar-refractivity contribution is 5.32. The molecule has 0 radical (unpaired) electrons. The minimum atomic E-state index is 0.472. The zero-order valence-corrected chi connectivity index (χ0v) is 13.6. The van der Waals surface area contributed by atoms with Crippen molar-refractivity contribution in [1.29, 1.82) is 0 Å². The van der Waals surface area contributed by atoms with Gasteiger partial charge in [0.25, 0.3) is 0 Å². The highest BCUT2D eigenvalue weighted by Gasteiger charge is 2.22. The van der Waals surface area contributed by atoms with Crippen LogP contribution in [0.25, 0.3) is 0 Å². The third-order valence-corrected chi connectivity index (χ3v) is 4.52. The van der Waals surface area contributed by atoms with Crippen LogP contribution in [0.15, 0.2) is 18.2 Å². The Balaban J connectivity index is 2.07. The first-order valence-electron chi connectivity index (χ1n) is 8.13. The van der Waals surface area contributed by atoms with Crippen LogP contribution in [0.2, 0.25) is 0 Å². The van der Waals surface area contributed by atoms with Gasteiger partial charge in [0.05, 0.1) is 0 Å². The van der Waals surface area contributed by atoms with Gasteiger partial charge >= 0.3 is 0 Å². The fraction of sp³-hybridized carbons (Fsp3) is 0.667. The molecule has 0 aromatic heterocycles. The maximum absolute atomic E-state index is 3.73. The number of benzene rings is 1. The van der Waals surface area contributed by atoms with Gasteiger partial charge in [-0.3, -0.25) is 0 Å². The molecule has 20 heavy (non-hydrogen) atoms. The first-order valence-corrected chi connectivity index (χ1v) is 8.13. The summed E-state index contributed by atoms with van der Waals surface area (Å²) in [7, 11) is 0. The number of likely N-dealkylation sites (tertiary alicyclic amines) is 1. The van der Waals surface area contributed by atoms with Crippen molar-refractivity contribution >= 4 is 0 Å². The highest BCUT2D eigenvalue weighted by atomic mass is 15.2. The van der Waals surface area contributed by atoms with Gasteiger partial charge in [-0.1, -0.05) is 32.0 Å². The molecule has 1 heterocycles. The fourth-order valence-corrected chi connectivity index (χ4v) is 3.04. The number of hydrogen-bond donors (Lipinski definition) is 1. The van der Waals surface area contributed by atoms with Crippen LogP contribution >= 0.6 is 0 Å². The maximum Gasteiger partial charge on any atom is 0.0449 e. The monoisotopic (exact) mass is 274 g/mol. The quantitative estimate of drug-likeness (QED) is 0.851. The molecule has 1 N–H and O–H groups in total. The first kappa shape index (κ1) is 15.5. The lowest BCUT2D eigenvalue weighted by atomic mass is 10.0. The average molecular weight is 274 g/mol. The van der Waals surface area contributed by atoms with E-state index in [-0.39, 0.29) is 0 Å². The van der Waals surface area contributed by atoms with Crippen molar-refractivity contribution in [2.45, 2.75) is 46.6 Å². The van der Waals surface area contributed by atoms with E-state index >= 15 is 0 Å². The van der Waals surface area contributed by atoms with Gasteiger partial charge in [-0.2, -0.15) is 0 Å². The summed E-state index contributed by atoms with van der Waals surface area (Å²) in [5, 5.41) is 3.73. The van der Waals surface area contributed by atoms with E-state index in [0.717, 1.165) is 19.0 Å². The van der Waals surface area contributed by atoms with Crippen LogP contribution < -0.4 is 5.32 Å². The molecule has 0 bridgehead atoms. The van der Waals surface area contributed by atoms with Crippen LogP contribution in [0, 0.1) is 19.8 Å². The van der Waals surface area contributed by atoms with Crippen molar-refractivity contribution in [2.75, 3.05) is 26.2 Å². The highest BCUT2D eigenvalue weighted by Crippen LogP contribution is 2.22. The normalized spacial score (nSPS) is 21.3. The summed E-state index contributed by atoms with van der Waals surface area (Å²) in [4.78, 5) is 2.62. The Hall–Kier alpha value is -0.860. The first-order chi connectivity index (χ1) is 9.60. The van der Waals surface area contributed by atoms with Crippen LogP contribution in [0.5, 0.6) is 0 Å². The van der Waals surface area contributed by atoms with Crippen molar-refractivity contribution in [3.05, 3.63) is 34.9 Å². The molecule has 2 atom stereocenters. The molecule has 1 aliphatic rings. The molecule has 2 heteroatoms. The van der Waals surface area contributed by atoms with Gasteiger partial charge in [-0.05, 0) is 62.4 Å². The molecule has 1 aliphatic heterocycles. The lowest BCUT2D eigenvalue weighted by Gasteiger charge is -2.25. The minimum absolute atomic E-state index is 0.472. The van der Waals surface area contributed by atoms with Crippen LogP contribution in [0.4, 0.5) is 0 Å². The lowest BCUT2D eigenvalue weighted by Crippen LogP contribution is -2.34. The molecule has 2 unspecified atom stereocenters. The van der Waals surface area contributed by atoms with Crippen LogP contribution in [-0.2, 0) is 0 Å². The Labute approximate surface area is 124 Å². The van der Waals surface area contributed by atoms with Crippen LogP contribution in [0.1, 0.15) is 49.4 Å². The van der Waals surface area contributed by atoms with E-state index in [1.54, 1.807) is 0 Å². The van der Waals surface area contributed by atoms with Crippen molar-refractivity contribution in [3.63, 3.8) is 0 Å². The summed E-state index contributed by atoms with van der Waals surface area (Å²) in [5.74, 6) is 0.863. The fourth-order valence-electron chi connectivity index (χ4n) is 3.04. The molecular formula is C18H30N2. The number of hydrogen-bond acceptors (Lipinski definition) is 2. The third-order valence-electron chi connectivity index (χ3n) is 4.52. The predicted molar refractivity (Wildman–Crippen MR) is 87.2 cm³/mol. The molecule has 2 rings (SSSR count). The topological polar surface area (TPSA) is 15.3 Å². The Kier molecular flexibility index (Phi) is 5.62. The standard InChI is InChI=1S/C18H30N2/c1-5-9-19-18(13-20-10-8-14(2)12-20)17-7-6-15(3)16(4)11-17/h6-7,11,14,18-19H,5,8-10,12-13H2,1-4H3. The molecule has 2 nitrogen and oxygen atoms in total. The Morgan fingerprint density at radius 3 is 2.70 bits per heavy atom. The van der Waals surface area contributed by atoms with E-state index in [1.165, 1.54) is 42.6 Å². The third kappa shape index (κ3) is 4.07. The van der Waals surface area contributed by atoms with Gasteiger partial charge in [0.1, 0.15) is 0 Å². The average Bonchev–Trinajstić information content (AvgIpc) is 2.83. The zero-order valence-electron chi connectivity index (χ0n) is 13.6. The summed E-state index contributed by atoms with van der Waals surface area (Å²) in [6, 6.07) is 7.40. The Morgan fingerprint density at radius 1 is 1.30 bits per heavy atom. The Bertz CT molecular complexity index is 427. The second-order valence-corrected chi connectivity index (χ2v) is 6.50. The molecule has 0 amide bonds. The number of rotatable bonds is 6. The summed E-state index contributed by atoms with van der Waals surface area (Å²) in [5.41, 5.74) is 4.24. The second kappa shape index (κ2) is 7.24. The molecule has 0 aliphatic carbocycles. The van der Waals surface area contributed by atoms with Gasteiger partial charge in [-0.15, -0.1) is 0 Å². The summed E-state index contributed by atoms with van der Waals surface area (Å²) in [6.45, 7) is 13.8. The van der Waals surface area contributed by atoms with Crippen molar-refractivity contribution in [2.24, 2.45) is 5.92 Å². The van der Waals surface area contributed by atoms with Crippen molar-refractivity contribution < 1.29 is 0 Å². The van der Waals surface area contributed by atoms with Gasteiger partial charge in [0.15, 0.2) is 0 Å². The van der Waals surface area contributed by atoms with Crippen molar-refractivity contribution in [1.82, 2.24) is 10.2 Å². The number of nitrogens with one attached hydrogen (secondary N) is 1. The maximum atomic E-state index is 3.73. The van der Waals surface area contributed by atoms with E-state index < -0.39 is 0 Å². The van der Waals surface area contributed by atoms with Gasteiger partial charge in [0.2, 0.25) is 0 Å². The molecular weight excluding hydrogens is 244 g/mol. The van der Waals surface area contributed by atoms with Gasteiger partial charge < -0.3 is 10.2 Å². The zero-order chi connectivity index (χ0) is 14.5. The predicted octanol–water partition coefficient (Wildman–Crippen LogP) is 3.69. The molecule has 0 spiro atoms. The van der Waals surface area contributed by atoms with E-state index in [2.05, 4.69) is 56.1 Å². The molecule has 1 aromatic carbocycles. The lowest BCUT2D eigenvalue weighted by molar-refractivity contribution is 0.285. The molecule has 1 saturated heterocycles. The summed E-state index contributed by atoms with van der Waals surface area (Å²) < 4.78 is 0. The van der Waals surface area contributed by atoms with Crippen LogP contribution in [0.3, 0.4) is 0 Å². The molecule has 0 saturated carbocycles. The van der Waals surface area contributed by atoms with Gasteiger partial charge in [0, 0.05) is 19.1 Å². The van der Waals surface area contributed by atoms with Crippen molar-refractivity contribution in [3.8, 4) is 0 Å². The van der Waals surface area contributed by atoms with E-state index in [9.17, 15) is 0 Å². The molecule has 1 fully saturated rings. The van der Waals surface area contributed by atoms with E-state index in [4.69, 9.17) is 0 Å². The van der Waals surface area contributed by atoms with E-state index in [0.29, 0.717) is 6.04 Å². The second-order valence-electron chi connectivity index (χ2n) is 6.50. The molecule has 112 valence electrons. The summed E-state index contributed by atoms with van der Waals surface area (Å²) in [6.07, 6.45) is 2.55. The largest absolute Gasteiger partial charge is 0.309 e. The van der Waals surface area contributed by atoms with Gasteiger partial charge in [-0.25, -0.2) is 0 Å². The molecule has 1 aromatic rings. The smallest absolute Gasteiger partial charge is 0.0449 e. The SMILES string of the molecule is CCCNC(CN1CCC(C)C1)c1ccc(C)c(C)c1. The summed E-state index contributed by atoms with van der Waals surface area (Å²) >= 11 is 0. The van der Waals surface area contributed by atoms with E-state index in [1.807, 2.05) is 0 Å². The minimum Gasteiger partial charge on any atom is -0.309 e. The number of aryl methyl sites for hydroxylation is 2. The number of nitrogens with zero attached hydrogens (tertiary/aromatic N) is 1. The van der Waals surface area contributed by atoms with Crippen LogP contribution in [-0.4, -0.2) is 31.1 Å².